The van der Waals surface area contributed by atoms with Gasteiger partial charge in [-0.15, -0.1) is 0 Å². The monoisotopic (exact) mass is 212 g/mol. The molecule has 0 bridgehead atoms. The lowest BCUT2D eigenvalue weighted by molar-refractivity contribution is -0.152. The van der Waals surface area contributed by atoms with E-state index in [4.69, 9.17) is 10.00 Å². The van der Waals surface area contributed by atoms with Crippen LogP contribution in [0, 0.1) is 16.7 Å². The molecule has 0 spiro atoms. The van der Waals surface area contributed by atoms with E-state index in [0.717, 1.165) is 13.1 Å². The second kappa shape index (κ2) is 6.41. The molecule has 0 aliphatic heterocycles. The minimum absolute atomic E-state index is 0.314. The molecule has 0 saturated carbocycles. The Morgan fingerprint density at radius 2 is 1.93 bits per heavy atom. The van der Waals surface area contributed by atoms with Crippen LogP contribution in [0.4, 0.5) is 0 Å². The molecule has 86 valence electrons. The Hall–Kier alpha value is -1.08. The van der Waals surface area contributed by atoms with Gasteiger partial charge in [0.1, 0.15) is 0 Å². The van der Waals surface area contributed by atoms with Crippen LogP contribution in [0.5, 0.6) is 0 Å². The van der Waals surface area contributed by atoms with Crippen molar-refractivity contribution in [1.82, 2.24) is 4.90 Å². The van der Waals surface area contributed by atoms with E-state index in [1.807, 2.05) is 24.8 Å². The summed E-state index contributed by atoms with van der Waals surface area (Å²) in [4.78, 5) is 13.6. The number of rotatable bonds is 6. The van der Waals surface area contributed by atoms with E-state index in [-0.39, 0.29) is 0 Å². The average molecular weight is 212 g/mol. The first-order chi connectivity index (χ1) is 7.03. The lowest BCUT2D eigenvalue weighted by atomic mass is 9.92. The first kappa shape index (κ1) is 13.9. The van der Waals surface area contributed by atoms with E-state index >= 15 is 0 Å². The lowest BCUT2D eigenvalue weighted by Crippen LogP contribution is -2.41. The van der Waals surface area contributed by atoms with Gasteiger partial charge in [-0.3, -0.25) is 4.79 Å². The predicted molar refractivity (Wildman–Crippen MR) is 58.1 cm³/mol. The Labute approximate surface area is 91.8 Å². The number of nitrogens with zero attached hydrogens (tertiary/aromatic N) is 2. The fourth-order valence-electron chi connectivity index (χ4n) is 1.33. The Bertz CT molecular complexity index is 243. The highest BCUT2D eigenvalue weighted by molar-refractivity contribution is 5.79. The van der Waals surface area contributed by atoms with Gasteiger partial charge in [-0.2, -0.15) is 5.26 Å². The van der Waals surface area contributed by atoms with Gasteiger partial charge in [-0.05, 0) is 26.9 Å². The van der Waals surface area contributed by atoms with Gasteiger partial charge in [0.2, 0.25) is 0 Å². The summed E-state index contributed by atoms with van der Waals surface area (Å²) in [7, 11) is 0. The molecule has 0 radical (unpaired) electrons. The zero-order chi connectivity index (χ0) is 11.9. The molecule has 0 rings (SSSR count). The van der Waals surface area contributed by atoms with E-state index in [2.05, 4.69) is 0 Å². The van der Waals surface area contributed by atoms with Gasteiger partial charge in [-0.1, -0.05) is 13.8 Å². The third kappa shape index (κ3) is 3.88. The molecule has 1 atom stereocenters. The van der Waals surface area contributed by atoms with E-state index in [1.165, 1.54) is 0 Å². The summed E-state index contributed by atoms with van der Waals surface area (Å²) in [6.45, 7) is 9.78. The molecular formula is C11H20N2O2. The smallest absolute Gasteiger partial charge is 0.327 e. The molecule has 15 heavy (non-hydrogen) atoms. The van der Waals surface area contributed by atoms with Crippen LogP contribution in [-0.4, -0.2) is 37.1 Å². The van der Waals surface area contributed by atoms with Crippen LogP contribution in [-0.2, 0) is 9.53 Å². The number of esters is 1. The summed E-state index contributed by atoms with van der Waals surface area (Å²) in [5.41, 5.74) is -1.05. The number of ether oxygens (including phenoxy) is 1. The number of carbonyl (C=O) groups excluding carboxylic acids is 1. The molecule has 4 heteroatoms. The fourth-order valence-corrected chi connectivity index (χ4v) is 1.33. The number of nitriles is 1. The normalized spacial score (nSPS) is 14.4. The molecule has 1 unspecified atom stereocenters. The highest BCUT2D eigenvalue weighted by Crippen LogP contribution is 2.19. The second-order valence-electron chi connectivity index (χ2n) is 3.63. The SMILES string of the molecule is CCOC(=O)C(C)(C#N)CN(CC)CC. The highest BCUT2D eigenvalue weighted by atomic mass is 16.5. The Morgan fingerprint density at radius 3 is 2.27 bits per heavy atom. The highest BCUT2D eigenvalue weighted by Gasteiger charge is 2.36. The van der Waals surface area contributed by atoms with E-state index in [9.17, 15) is 4.79 Å². The summed E-state index contributed by atoms with van der Waals surface area (Å²) < 4.78 is 4.90. The zero-order valence-electron chi connectivity index (χ0n) is 10.0. The van der Waals surface area contributed by atoms with Crippen molar-refractivity contribution in [3.8, 4) is 6.07 Å². The van der Waals surface area contributed by atoms with Gasteiger partial charge in [0.15, 0.2) is 5.41 Å². The topological polar surface area (TPSA) is 53.3 Å². The summed E-state index contributed by atoms with van der Waals surface area (Å²) >= 11 is 0. The Kier molecular flexibility index (Phi) is 5.95. The molecule has 0 aromatic heterocycles. The van der Waals surface area contributed by atoms with Crippen molar-refractivity contribution in [3.05, 3.63) is 0 Å². The summed E-state index contributed by atoms with van der Waals surface area (Å²) in [5, 5.41) is 9.04. The largest absolute Gasteiger partial charge is 0.465 e. The maximum atomic E-state index is 11.6. The van der Waals surface area contributed by atoms with E-state index < -0.39 is 11.4 Å². The van der Waals surface area contributed by atoms with Crippen LogP contribution in [0.25, 0.3) is 0 Å². The standard InChI is InChI=1S/C11H20N2O2/c1-5-13(6-2)9-11(4,8-12)10(14)15-7-3/h5-7,9H2,1-4H3. The van der Waals surface area contributed by atoms with Gasteiger partial charge in [-0.25, -0.2) is 0 Å². The molecule has 0 amide bonds. The van der Waals surface area contributed by atoms with Gasteiger partial charge in [0.05, 0.1) is 12.7 Å². The van der Waals surface area contributed by atoms with Crippen LogP contribution in [0.2, 0.25) is 0 Å². The minimum atomic E-state index is -1.05. The van der Waals surface area contributed by atoms with Crippen LogP contribution >= 0.6 is 0 Å². The van der Waals surface area contributed by atoms with Crippen molar-refractivity contribution in [3.63, 3.8) is 0 Å². The first-order valence-corrected chi connectivity index (χ1v) is 5.34. The second-order valence-corrected chi connectivity index (χ2v) is 3.63. The van der Waals surface area contributed by atoms with Crippen molar-refractivity contribution >= 4 is 5.97 Å². The van der Waals surface area contributed by atoms with Gasteiger partial charge >= 0.3 is 5.97 Å². The number of carbonyl (C=O) groups is 1. The maximum Gasteiger partial charge on any atom is 0.327 e. The van der Waals surface area contributed by atoms with Crippen LogP contribution in [0.3, 0.4) is 0 Å². The number of hydrogen-bond acceptors (Lipinski definition) is 4. The predicted octanol–water partition coefficient (Wildman–Crippen LogP) is 1.42. The third-order valence-electron chi connectivity index (χ3n) is 2.41. The van der Waals surface area contributed by atoms with E-state index in [1.54, 1.807) is 13.8 Å². The average Bonchev–Trinajstić information content (AvgIpc) is 2.25. The maximum absolute atomic E-state index is 11.6. The van der Waals surface area contributed by atoms with Gasteiger partial charge < -0.3 is 9.64 Å². The first-order valence-electron chi connectivity index (χ1n) is 5.34. The molecule has 0 aromatic rings. The van der Waals surface area contributed by atoms with Crippen LogP contribution < -0.4 is 0 Å². The molecule has 0 fully saturated rings. The van der Waals surface area contributed by atoms with Crippen molar-refractivity contribution in [2.45, 2.75) is 27.7 Å². The van der Waals surface area contributed by atoms with Crippen molar-refractivity contribution in [2.75, 3.05) is 26.2 Å². The minimum Gasteiger partial charge on any atom is -0.465 e. The molecular weight excluding hydrogens is 192 g/mol. The molecule has 0 N–H and O–H groups in total. The molecule has 0 aliphatic rings. The molecule has 0 aliphatic carbocycles. The van der Waals surface area contributed by atoms with E-state index in [0.29, 0.717) is 13.2 Å². The lowest BCUT2D eigenvalue weighted by Gasteiger charge is -2.26. The van der Waals surface area contributed by atoms with Crippen molar-refractivity contribution in [2.24, 2.45) is 5.41 Å². The van der Waals surface area contributed by atoms with Crippen LogP contribution in [0.15, 0.2) is 0 Å². The zero-order valence-corrected chi connectivity index (χ0v) is 10.0. The Balaban J connectivity index is 4.57. The summed E-state index contributed by atoms with van der Waals surface area (Å²) in [5.74, 6) is -0.431. The summed E-state index contributed by atoms with van der Waals surface area (Å²) in [6.07, 6.45) is 0. The Morgan fingerprint density at radius 1 is 1.40 bits per heavy atom. The fraction of sp³-hybridized carbons (Fsp3) is 0.818. The van der Waals surface area contributed by atoms with Gasteiger partial charge in [0, 0.05) is 6.54 Å². The van der Waals surface area contributed by atoms with Crippen LogP contribution in [0.1, 0.15) is 27.7 Å². The summed E-state index contributed by atoms with van der Waals surface area (Å²) in [6, 6.07) is 2.05. The van der Waals surface area contributed by atoms with Crippen molar-refractivity contribution < 1.29 is 9.53 Å². The molecule has 0 saturated heterocycles. The molecule has 4 nitrogen and oxygen atoms in total. The third-order valence-corrected chi connectivity index (χ3v) is 2.41. The van der Waals surface area contributed by atoms with Gasteiger partial charge in [0.25, 0.3) is 0 Å². The van der Waals surface area contributed by atoms with Crippen molar-refractivity contribution in [1.29, 1.82) is 5.26 Å². The molecule has 0 heterocycles. The molecule has 0 aromatic carbocycles. The number of hydrogen-bond donors (Lipinski definition) is 0. The quantitative estimate of drug-likeness (QED) is 0.625.